The molecule has 0 spiro atoms. The molecule has 0 bridgehead atoms. The first-order valence-corrected chi connectivity index (χ1v) is 9.42. The first-order chi connectivity index (χ1) is 13.3. The van der Waals surface area contributed by atoms with Crippen LogP contribution >= 0.6 is 0 Å². The molecule has 1 heterocycles. The first kappa shape index (κ1) is 20.3. The van der Waals surface area contributed by atoms with Gasteiger partial charge in [0.1, 0.15) is 0 Å². The van der Waals surface area contributed by atoms with Crippen molar-refractivity contribution in [1.29, 1.82) is 0 Å². The van der Waals surface area contributed by atoms with Crippen LogP contribution in [-0.4, -0.2) is 48.9 Å². The van der Waals surface area contributed by atoms with E-state index in [9.17, 15) is 22.8 Å². The van der Waals surface area contributed by atoms with Crippen LogP contribution in [0.5, 0.6) is 0 Å². The predicted molar refractivity (Wildman–Crippen MR) is 101 cm³/mol. The Labute approximate surface area is 161 Å². The second-order valence-corrected chi connectivity index (χ2v) is 7.23. The molecule has 0 unspecified atom stereocenters. The lowest BCUT2D eigenvalue weighted by molar-refractivity contribution is -0.173. The summed E-state index contributed by atoms with van der Waals surface area (Å²) >= 11 is 0. The third-order valence-corrected chi connectivity index (χ3v) is 5.24. The molecule has 0 aromatic heterocycles. The number of carbonyl (C=O) groups is 2. The Morgan fingerprint density at radius 3 is 2.39 bits per heavy atom. The summed E-state index contributed by atoms with van der Waals surface area (Å²) in [6.07, 6.45) is -3.00. The zero-order chi connectivity index (χ0) is 20.1. The van der Waals surface area contributed by atoms with Crippen LogP contribution in [0.1, 0.15) is 29.6 Å². The smallest absolute Gasteiger partial charge is 0.348 e. The Bertz CT molecular complexity index is 843. The van der Waals surface area contributed by atoms with E-state index in [1.165, 1.54) is 0 Å². The Morgan fingerprint density at radius 2 is 1.71 bits per heavy atom. The highest BCUT2D eigenvalue weighted by molar-refractivity contribution is 6.00. The van der Waals surface area contributed by atoms with E-state index in [1.807, 2.05) is 47.8 Å². The summed E-state index contributed by atoms with van der Waals surface area (Å²) in [6, 6.07) is 13.6. The molecule has 0 atom stereocenters. The van der Waals surface area contributed by atoms with E-state index >= 15 is 0 Å². The third-order valence-electron chi connectivity index (χ3n) is 5.24. The van der Waals surface area contributed by atoms with E-state index in [1.54, 1.807) is 0 Å². The van der Waals surface area contributed by atoms with Crippen molar-refractivity contribution < 1.29 is 22.8 Å². The highest BCUT2D eigenvalue weighted by atomic mass is 19.4. The van der Waals surface area contributed by atoms with E-state index in [2.05, 4.69) is 4.90 Å². The number of piperidine rings is 1. The lowest BCUT2D eigenvalue weighted by atomic mass is 9.96. The van der Waals surface area contributed by atoms with Crippen LogP contribution in [0.15, 0.2) is 42.5 Å². The number of amides is 1. The minimum absolute atomic E-state index is 0.0405. The van der Waals surface area contributed by atoms with Crippen molar-refractivity contribution >= 4 is 22.5 Å². The number of carbonyl (C=O) groups excluding carboxylic acids is 2. The molecule has 2 aromatic carbocycles. The summed E-state index contributed by atoms with van der Waals surface area (Å²) in [5.41, 5.74) is 0.698. The molecule has 1 aliphatic rings. The zero-order valence-electron chi connectivity index (χ0n) is 15.5. The Balaban J connectivity index is 1.42. The molecule has 150 valence electrons. The third kappa shape index (κ3) is 5.32. The number of nitrogens with zero attached hydrogens (tertiary/aromatic N) is 1. The summed E-state index contributed by atoms with van der Waals surface area (Å²) in [4.78, 5) is 25.5. The number of hydrogen-bond acceptors (Lipinski definition) is 3. The molecule has 7 heteroatoms. The Hall–Kier alpha value is -2.41. The Morgan fingerprint density at radius 1 is 1.04 bits per heavy atom. The van der Waals surface area contributed by atoms with Gasteiger partial charge >= 0.3 is 12.1 Å². The summed E-state index contributed by atoms with van der Waals surface area (Å²) in [7, 11) is 0. The quantitative estimate of drug-likeness (QED) is 0.761. The molecule has 0 aliphatic carbocycles. The number of hydrogen-bond donors (Lipinski definition) is 1. The highest BCUT2D eigenvalue weighted by Crippen LogP contribution is 2.20. The van der Waals surface area contributed by atoms with E-state index < -0.39 is 12.1 Å². The maximum atomic E-state index is 12.5. The van der Waals surface area contributed by atoms with Gasteiger partial charge in [-0.3, -0.25) is 9.59 Å². The van der Waals surface area contributed by atoms with Crippen molar-refractivity contribution in [2.75, 3.05) is 26.2 Å². The van der Waals surface area contributed by atoms with Crippen molar-refractivity contribution in [1.82, 2.24) is 10.2 Å². The number of benzene rings is 2. The van der Waals surface area contributed by atoms with Gasteiger partial charge in [0.15, 0.2) is 5.78 Å². The minimum Gasteiger partial charge on any atom is -0.348 e. The van der Waals surface area contributed by atoms with Crippen LogP contribution < -0.4 is 5.32 Å². The highest BCUT2D eigenvalue weighted by Gasteiger charge is 2.38. The second kappa shape index (κ2) is 8.73. The number of rotatable bonds is 6. The fraction of sp³-hybridized carbons (Fsp3) is 0.429. The van der Waals surface area contributed by atoms with Crippen molar-refractivity contribution in [2.24, 2.45) is 5.92 Å². The number of alkyl halides is 3. The van der Waals surface area contributed by atoms with Crippen molar-refractivity contribution in [3.05, 3.63) is 48.0 Å². The van der Waals surface area contributed by atoms with Crippen LogP contribution in [-0.2, 0) is 4.79 Å². The number of nitrogens with one attached hydrogen (secondary N) is 1. The molecule has 1 amide bonds. The first-order valence-electron chi connectivity index (χ1n) is 9.42. The van der Waals surface area contributed by atoms with Crippen LogP contribution in [0.2, 0.25) is 0 Å². The van der Waals surface area contributed by atoms with Gasteiger partial charge in [-0.05, 0) is 48.7 Å². The maximum absolute atomic E-state index is 12.5. The molecule has 2 aromatic rings. The van der Waals surface area contributed by atoms with Gasteiger partial charge in [-0.25, -0.2) is 0 Å². The number of Topliss-reactive ketones (excluding diaryl/α,β-unsaturated/α-hetero) is 1. The van der Waals surface area contributed by atoms with E-state index in [-0.39, 0.29) is 18.2 Å². The van der Waals surface area contributed by atoms with Gasteiger partial charge in [0.05, 0.1) is 0 Å². The number of likely N-dealkylation sites (tertiary alicyclic amines) is 1. The van der Waals surface area contributed by atoms with Crippen LogP contribution in [0, 0.1) is 5.92 Å². The molecule has 4 nitrogen and oxygen atoms in total. The van der Waals surface area contributed by atoms with Gasteiger partial charge in [0, 0.05) is 25.1 Å². The van der Waals surface area contributed by atoms with Gasteiger partial charge in [-0.1, -0.05) is 36.4 Å². The van der Waals surface area contributed by atoms with E-state index in [0.717, 1.165) is 23.9 Å². The summed E-state index contributed by atoms with van der Waals surface area (Å²) in [6.45, 7) is 2.12. The summed E-state index contributed by atoms with van der Waals surface area (Å²) in [5.74, 6) is -1.75. The van der Waals surface area contributed by atoms with Gasteiger partial charge in [0.25, 0.3) is 0 Å². The predicted octanol–water partition coefficient (Wildman–Crippen LogP) is 3.80. The number of fused-ring (bicyclic) bond motifs is 1. The van der Waals surface area contributed by atoms with Gasteiger partial charge in [-0.2, -0.15) is 13.2 Å². The molecule has 28 heavy (non-hydrogen) atoms. The summed E-state index contributed by atoms with van der Waals surface area (Å²) < 4.78 is 36.6. The molecule has 0 saturated carbocycles. The number of ketones is 1. The number of halogens is 3. The monoisotopic (exact) mass is 392 g/mol. The van der Waals surface area contributed by atoms with Gasteiger partial charge in [-0.15, -0.1) is 0 Å². The fourth-order valence-corrected chi connectivity index (χ4v) is 3.52. The molecule has 1 aliphatic heterocycles. The van der Waals surface area contributed by atoms with Gasteiger partial charge < -0.3 is 10.2 Å². The normalized spacial score (nSPS) is 16.2. The van der Waals surface area contributed by atoms with Gasteiger partial charge in [0.2, 0.25) is 0 Å². The molecular weight excluding hydrogens is 369 g/mol. The SMILES string of the molecule is O=C(CCN1CCC(CNC(=O)C(F)(F)F)CC1)c1ccc2ccccc2c1. The van der Waals surface area contributed by atoms with E-state index in [4.69, 9.17) is 0 Å². The molecular formula is C21H23F3N2O2. The molecule has 0 radical (unpaired) electrons. The lowest BCUT2D eigenvalue weighted by Crippen LogP contribution is -2.42. The zero-order valence-corrected chi connectivity index (χ0v) is 15.5. The lowest BCUT2D eigenvalue weighted by Gasteiger charge is -2.31. The second-order valence-electron chi connectivity index (χ2n) is 7.23. The van der Waals surface area contributed by atoms with Crippen molar-refractivity contribution in [3.63, 3.8) is 0 Å². The maximum Gasteiger partial charge on any atom is 0.471 e. The molecule has 1 saturated heterocycles. The molecule has 3 rings (SSSR count). The average Bonchev–Trinajstić information content (AvgIpc) is 2.69. The molecule has 1 fully saturated rings. The average molecular weight is 392 g/mol. The van der Waals surface area contributed by atoms with Crippen LogP contribution in [0.4, 0.5) is 13.2 Å². The van der Waals surface area contributed by atoms with Crippen molar-refractivity contribution in [3.8, 4) is 0 Å². The van der Waals surface area contributed by atoms with Crippen LogP contribution in [0.25, 0.3) is 10.8 Å². The van der Waals surface area contributed by atoms with Crippen LogP contribution in [0.3, 0.4) is 0 Å². The Kier molecular flexibility index (Phi) is 6.34. The fourth-order valence-electron chi connectivity index (χ4n) is 3.52. The minimum atomic E-state index is -4.83. The summed E-state index contributed by atoms with van der Waals surface area (Å²) in [5, 5.41) is 4.09. The standard InChI is InChI=1S/C21H23F3N2O2/c22-21(23,24)20(28)25-14-15-7-10-26(11-8-15)12-9-19(27)18-6-5-16-3-1-2-4-17(16)13-18/h1-6,13,15H,7-12,14H2,(H,25,28). The molecule has 1 N–H and O–H groups in total. The topological polar surface area (TPSA) is 49.4 Å². The largest absolute Gasteiger partial charge is 0.471 e. The van der Waals surface area contributed by atoms with Crippen molar-refractivity contribution in [2.45, 2.75) is 25.4 Å². The van der Waals surface area contributed by atoms with E-state index in [0.29, 0.717) is 31.4 Å².